The van der Waals surface area contributed by atoms with Crippen molar-refractivity contribution in [3.05, 3.63) is 68.7 Å². The van der Waals surface area contributed by atoms with Crippen molar-refractivity contribution in [2.45, 2.75) is 11.8 Å². The van der Waals surface area contributed by atoms with Crippen LogP contribution in [0.3, 0.4) is 0 Å². The molecule has 2 aromatic rings. The van der Waals surface area contributed by atoms with E-state index in [4.69, 9.17) is 11.6 Å². The average molecular weight is 424 g/mol. The third kappa shape index (κ3) is 4.01. The number of carbonyl (C=O) groups excluding carboxylic acids is 1. The lowest BCUT2D eigenvalue weighted by Gasteiger charge is -2.34. The van der Waals surface area contributed by atoms with Crippen LogP contribution in [0, 0.1) is 17.0 Å². The molecule has 28 heavy (non-hydrogen) atoms. The highest BCUT2D eigenvalue weighted by molar-refractivity contribution is 7.89. The van der Waals surface area contributed by atoms with Crippen LogP contribution in [-0.2, 0) is 10.0 Å². The lowest BCUT2D eigenvalue weighted by atomic mass is 10.1. The van der Waals surface area contributed by atoms with Crippen LogP contribution in [0.2, 0.25) is 5.02 Å². The Balaban J connectivity index is 1.72. The molecule has 0 atom stereocenters. The first-order valence-corrected chi connectivity index (χ1v) is 10.3. The van der Waals surface area contributed by atoms with Crippen LogP contribution in [0.5, 0.6) is 0 Å². The number of halogens is 1. The summed E-state index contributed by atoms with van der Waals surface area (Å²) in [5.74, 6) is -0.358. The topological polar surface area (TPSA) is 101 Å². The molecule has 0 aliphatic carbocycles. The molecule has 0 radical (unpaired) electrons. The zero-order valence-electron chi connectivity index (χ0n) is 15.0. The summed E-state index contributed by atoms with van der Waals surface area (Å²) in [4.78, 5) is 24.8. The van der Waals surface area contributed by atoms with E-state index in [0.29, 0.717) is 10.6 Å². The van der Waals surface area contributed by atoms with Crippen molar-refractivity contribution < 1.29 is 18.1 Å². The minimum atomic E-state index is -3.70. The highest BCUT2D eigenvalue weighted by Crippen LogP contribution is 2.23. The third-order valence-corrected chi connectivity index (χ3v) is 6.74. The largest absolute Gasteiger partial charge is 0.336 e. The van der Waals surface area contributed by atoms with E-state index >= 15 is 0 Å². The van der Waals surface area contributed by atoms with Crippen molar-refractivity contribution in [1.82, 2.24) is 9.21 Å². The molecule has 1 saturated heterocycles. The standard InChI is InChI=1S/C18H18ClN3O5S/c1-13-5-6-14(11-17(13)22(24)25)18(23)20-7-9-21(10-8-20)28(26,27)16-4-2-3-15(19)12-16/h2-6,11-12H,7-10H2,1H3. The highest BCUT2D eigenvalue weighted by Gasteiger charge is 2.31. The lowest BCUT2D eigenvalue weighted by molar-refractivity contribution is -0.385. The van der Waals surface area contributed by atoms with Crippen molar-refractivity contribution >= 4 is 33.2 Å². The van der Waals surface area contributed by atoms with Gasteiger partial charge in [-0.05, 0) is 31.2 Å². The molecular formula is C18H18ClN3O5S. The number of aryl methyl sites for hydroxylation is 1. The fraction of sp³-hybridized carbons (Fsp3) is 0.278. The van der Waals surface area contributed by atoms with Crippen LogP contribution in [-0.4, -0.2) is 54.6 Å². The number of piperazine rings is 1. The first kappa shape index (κ1) is 20.2. The number of carbonyl (C=O) groups is 1. The molecule has 2 aromatic carbocycles. The Morgan fingerprint density at radius 2 is 1.79 bits per heavy atom. The molecule has 1 fully saturated rings. The molecule has 1 amide bonds. The second-order valence-electron chi connectivity index (χ2n) is 6.41. The van der Waals surface area contributed by atoms with E-state index in [9.17, 15) is 23.3 Å². The van der Waals surface area contributed by atoms with Crippen molar-refractivity contribution in [2.24, 2.45) is 0 Å². The second-order valence-corrected chi connectivity index (χ2v) is 8.79. The molecule has 1 aliphatic heterocycles. The van der Waals surface area contributed by atoms with Gasteiger partial charge in [0.05, 0.1) is 9.82 Å². The lowest BCUT2D eigenvalue weighted by Crippen LogP contribution is -2.50. The maximum atomic E-state index is 12.7. The molecule has 0 saturated carbocycles. The number of hydrogen-bond acceptors (Lipinski definition) is 5. The third-order valence-electron chi connectivity index (χ3n) is 4.61. The van der Waals surface area contributed by atoms with Crippen molar-refractivity contribution in [3.63, 3.8) is 0 Å². The first-order valence-electron chi connectivity index (χ1n) is 8.50. The van der Waals surface area contributed by atoms with Crippen molar-refractivity contribution in [3.8, 4) is 0 Å². The van der Waals surface area contributed by atoms with E-state index in [1.807, 2.05) is 0 Å². The number of benzene rings is 2. The minimum absolute atomic E-state index is 0.105. The normalized spacial score (nSPS) is 15.4. The Hall–Kier alpha value is -2.49. The molecule has 10 heteroatoms. The van der Waals surface area contributed by atoms with E-state index in [0.717, 1.165) is 0 Å². The van der Waals surface area contributed by atoms with Gasteiger partial charge in [-0.15, -0.1) is 0 Å². The molecule has 0 N–H and O–H groups in total. The van der Waals surface area contributed by atoms with Crippen LogP contribution < -0.4 is 0 Å². The molecule has 1 heterocycles. The van der Waals surface area contributed by atoms with E-state index in [1.165, 1.54) is 33.5 Å². The van der Waals surface area contributed by atoms with Gasteiger partial charge in [-0.2, -0.15) is 4.31 Å². The Labute approximate surface area is 167 Å². The molecular weight excluding hydrogens is 406 g/mol. The molecule has 1 aliphatic rings. The summed E-state index contributed by atoms with van der Waals surface area (Å²) in [6.07, 6.45) is 0. The van der Waals surface area contributed by atoms with E-state index < -0.39 is 14.9 Å². The summed E-state index contributed by atoms with van der Waals surface area (Å²) in [6, 6.07) is 10.4. The van der Waals surface area contributed by atoms with E-state index in [2.05, 4.69) is 0 Å². The number of nitro benzene ring substituents is 1. The summed E-state index contributed by atoms with van der Waals surface area (Å²) in [5.41, 5.74) is 0.565. The van der Waals surface area contributed by atoms with Gasteiger partial charge in [-0.25, -0.2) is 8.42 Å². The van der Waals surface area contributed by atoms with Gasteiger partial charge >= 0.3 is 0 Å². The summed E-state index contributed by atoms with van der Waals surface area (Å²) in [7, 11) is -3.70. The van der Waals surface area contributed by atoms with Crippen molar-refractivity contribution in [2.75, 3.05) is 26.2 Å². The van der Waals surface area contributed by atoms with Gasteiger partial charge in [0, 0.05) is 48.4 Å². The number of sulfonamides is 1. The predicted octanol–water partition coefficient (Wildman–Crippen LogP) is 2.70. The highest BCUT2D eigenvalue weighted by atomic mass is 35.5. The van der Waals surface area contributed by atoms with Crippen LogP contribution in [0.4, 0.5) is 5.69 Å². The van der Waals surface area contributed by atoms with Gasteiger partial charge in [-0.3, -0.25) is 14.9 Å². The SMILES string of the molecule is Cc1ccc(C(=O)N2CCN(S(=O)(=O)c3cccc(Cl)c3)CC2)cc1[N+](=O)[O-]. The summed E-state index contributed by atoms with van der Waals surface area (Å²) < 4.78 is 26.8. The second kappa shape index (κ2) is 7.86. The van der Waals surface area contributed by atoms with Gasteiger partial charge in [0.15, 0.2) is 0 Å². The van der Waals surface area contributed by atoms with Gasteiger partial charge in [-0.1, -0.05) is 23.7 Å². The number of hydrogen-bond donors (Lipinski definition) is 0. The molecule has 8 nitrogen and oxygen atoms in total. The van der Waals surface area contributed by atoms with Crippen LogP contribution in [0.25, 0.3) is 0 Å². The molecule has 0 aromatic heterocycles. The van der Waals surface area contributed by atoms with E-state index in [1.54, 1.807) is 25.1 Å². The van der Waals surface area contributed by atoms with Crippen LogP contribution in [0.15, 0.2) is 47.4 Å². The fourth-order valence-electron chi connectivity index (χ4n) is 3.03. The number of amides is 1. The zero-order valence-corrected chi connectivity index (χ0v) is 16.6. The molecule has 0 bridgehead atoms. The van der Waals surface area contributed by atoms with Crippen LogP contribution in [0.1, 0.15) is 15.9 Å². The summed E-state index contributed by atoms with van der Waals surface area (Å²) in [6.45, 7) is 2.26. The van der Waals surface area contributed by atoms with Gasteiger partial charge in [0.1, 0.15) is 0 Å². The minimum Gasteiger partial charge on any atom is -0.336 e. The predicted molar refractivity (Wildman–Crippen MR) is 104 cm³/mol. The first-order chi connectivity index (χ1) is 13.2. The van der Waals surface area contributed by atoms with E-state index in [-0.39, 0.29) is 48.2 Å². The van der Waals surface area contributed by atoms with Crippen LogP contribution >= 0.6 is 11.6 Å². The maximum Gasteiger partial charge on any atom is 0.273 e. The Kier molecular flexibility index (Phi) is 5.69. The summed E-state index contributed by atoms with van der Waals surface area (Å²) in [5, 5.41) is 11.4. The zero-order chi connectivity index (χ0) is 20.5. The number of nitrogens with zero attached hydrogens (tertiary/aromatic N) is 3. The molecule has 148 valence electrons. The molecule has 3 rings (SSSR count). The quantitative estimate of drug-likeness (QED) is 0.555. The summed E-state index contributed by atoms with van der Waals surface area (Å²) >= 11 is 5.88. The van der Waals surface area contributed by atoms with Crippen molar-refractivity contribution in [1.29, 1.82) is 0 Å². The average Bonchev–Trinajstić information content (AvgIpc) is 2.67. The smallest absolute Gasteiger partial charge is 0.273 e. The monoisotopic (exact) mass is 423 g/mol. The van der Waals surface area contributed by atoms with Gasteiger partial charge in [0.2, 0.25) is 10.0 Å². The molecule has 0 spiro atoms. The Morgan fingerprint density at radius 1 is 1.11 bits per heavy atom. The van der Waals surface area contributed by atoms with Gasteiger partial charge in [0.25, 0.3) is 11.6 Å². The Morgan fingerprint density at radius 3 is 2.39 bits per heavy atom. The number of nitro groups is 1. The van der Waals surface area contributed by atoms with Gasteiger partial charge < -0.3 is 4.90 Å². The fourth-order valence-corrected chi connectivity index (χ4v) is 4.75. The molecule has 0 unspecified atom stereocenters. The number of rotatable bonds is 4. The maximum absolute atomic E-state index is 12.7. The Bertz CT molecular complexity index is 1030.